The van der Waals surface area contributed by atoms with Gasteiger partial charge in [-0.15, -0.1) is 0 Å². The molecule has 0 radical (unpaired) electrons. The molecule has 1 aliphatic rings. The third kappa shape index (κ3) is 2.73. The Balaban J connectivity index is 1.98. The fourth-order valence-corrected chi connectivity index (χ4v) is 2.43. The molecule has 88 valence electrons. The molecule has 3 nitrogen and oxygen atoms in total. The lowest BCUT2D eigenvalue weighted by Crippen LogP contribution is -2.05. The number of aliphatic hydroxyl groups is 1. The van der Waals surface area contributed by atoms with Crippen molar-refractivity contribution in [2.24, 2.45) is 5.92 Å². The number of pyridine rings is 1. The van der Waals surface area contributed by atoms with Crippen LogP contribution in [0.4, 0.5) is 0 Å². The van der Waals surface area contributed by atoms with Crippen LogP contribution in [-0.2, 0) is 0 Å². The predicted molar refractivity (Wildman–Crippen MR) is 62.3 cm³/mol. The summed E-state index contributed by atoms with van der Waals surface area (Å²) >= 11 is 0. The quantitative estimate of drug-likeness (QED) is 0.850. The Morgan fingerprint density at radius 2 is 2.19 bits per heavy atom. The van der Waals surface area contributed by atoms with Crippen molar-refractivity contribution in [2.75, 3.05) is 7.11 Å². The van der Waals surface area contributed by atoms with E-state index >= 15 is 0 Å². The summed E-state index contributed by atoms with van der Waals surface area (Å²) in [6.07, 6.45) is 8.98. The van der Waals surface area contributed by atoms with Crippen LogP contribution >= 0.6 is 0 Å². The lowest BCUT2D eigenvalue weighted by atomic mass is 9.96. The molecule has 1 aromatic heterocycles. The van der Waals surface area contributed by atoms with Crippen molar-refractivity contribution in [1.82, 2.24) is 4.98 Å². The molecular weight excluding hydrogens is 202 g/mol. The second-order valence-corrected chi connectivity index (χ2v) is 4.56. The Labute approximate surface area is 96.5 Å². The fraction of sp³-hybridized carbons (Fsp3) is 0.615. The van der Waals surface area contributed by atoms with Crippen LogP contribution in [0, 0.1) is 5.92 Å². The molecule has 0 amide bonds. The minimum Gasteiger partial charge on any atom is -0.495 e. The normalized spacial score (nSPS) is 18.6. The van der Waals surface area contributed by atoms with Crippen molar-refractivity contribution in [1.29, 1.82) is 0 Å². The molecule has 0 aromatic carbocycles. The second kappa shape index (κ2) is 5.30. The van der Waals surface area contributed by atoms with E-state index in [0.29, 0.717) is 11.7 Å². The van der Waals surface area contributed by atoms with Crippen molar-refractivity contribution < 1.29 is 9.84 Å². The molecule has 1 heterocycles. The first-order valence-corrected chi connectivity index (χ1v) is 5.96. The molecular formula is C13H19NO2. The van der Waals surface area contributed by atoms with E-state index in [1.54, 1.807) is 19.5 Å². The Morgan fingerprint density at radius 3 is 2.88 bits per heavy atom. The Hall–Kier alpha value is -1.09. The molecule has 16 heavy (non-hydrogen) atoms. The van der Waals surface area contributed by atoms with Crippen LogP contribution in [0.2, 0.25) is 0 Å². The first-order valence-electron chi connectivity index (χ1n) is 5.96. The minimum atomic E-state index is -0.398. The third-order valence-corrected chi connectivity index (χ3v) is 3.39. The van der Waals surface area contributed by atoms with Gasteiger partial charge in [-0.25, -0.2) is 0 Å². The van der Waals surface area contributed by atoms with Gasteiger partial charge in [-0.05, 0) is 18.4 Å². The molecule has 1 N–H and O–H groups in total. The first-order chi connectivity index (χ1) is 7.79. The van der Waals surface area contributed by atoms with Gasteiger partial charge in [-0.1, -0.05) is 25.7 Å². The summed E-state index contributed by atoms with van der Waals surface area (Å²) < 4.78 is 5.10. The van der Waals surface area contributed by atoms with Gasteiger partial charge in [0.25, 0.3) is 0 Å². The number of nitrogens with zero attached hydrogens (tertiary/aromatic N) is 1. The van der Waals surface area contributed by atoms with Gasteiger partial charge >= 0.3 is 0 Å². The number of aliphatic hydroxyl groups excluding tert-OH is 1. The largest absolute Gasteiger partial charge is 0.495 e. The average molecular weight is 221 g/mol. The Kier molecular flexibility index (Phi) is 3.78. The third-order valence-electron chi connectivity index (χ3n) is 3.39. The topological polar surface area (TPSA) is 42.4 Å². The number of hydrogen-bond acceptors (Lipinski definition) is 3. The van der Waals surface area contributed by atoms with Crippen LogP contribution in [0.1, 0.15) is 43.8 Å². The van der Waals surface area contributed by atoms with E-state index in [4.69, 9.17) is 4.74 Å². The first kappa shape index (κ1) is 11.4. The van der Waals surface area contributed by atoms with E-state index in [2.05, 4.69) is 4.98 Å². The maximum Gasteiger partial charge on any atom is 0.137 e. The molecule has 0 bridgehead atoms. The number of hydrogen-bond donors (Lipinski definition) is 1. The second-order valence-electron chi connectivity index (χ2n) is 4.56. The molecule has 1 unspecified atom stereocenters. The highest BCUT2D eigenvalue weighted by Gasteiger charge is 2.20. The Bertz CT molecular complexity index is 334. The summed E-state index contributed by atoms with van der Waals surface area (Å²) in [5, 5.41) is 10.1. The van der Waals surface area contributed by atoms with E-state index in [0.717, 1.165) is 12.0 Å². The van der Waals surface area contributed by atoms with Gasteiger partial charge in [0.1, 0.15) is 5.75 Å². The van der Waals surface area contributed by atoms with Crippen molar-refractivity contribution in [3.63, 3.8) is 0 Å². The zero-order valence-corrected chi connectivity index (χ0v) is 9.72. The van der Waals surface area contributed by atoms with Gasteiger partial charge in [0.05, 0.1) is 19.4 Å². The highest BCUT2D eigenvalue weighted by Crippen LogP contribution is 2.33. The summed E-state index contributed by atoms with van der Waals surface area (Å²) in [6.45, 7) is 0. The van der Waals surface area contributed by atoms with Crippen molar-refractivity contribution in [3.8, 4) is 5.75 Å². The van der Waals surface area contributed by atoms with Crippen LogP contribution in [0.15, 0.2) is 18.5 Å². The van der Waals surface area contributed by atoms with Gasteiger partial charge in [-0.2, -0.15) is 0 Å². The summed E-state index contributed by atoms with van der Waals surface area (Å²) in [5.41, 5.74) is 0.867. The molecule has 1 saturated carbocycles. The van der Waals surface area contributed by atoms with E-state index in [-0.39, 0.29) is 0 Å². The van der Waals surface area contributed by atoms with Gasteiger partial charge < -0.3 is 9.84 Å². The maximum absolute atomic E-state index is 10.1. The van der Waals surface area contributed by atoms with Gasteiger partial charge in [0.15, 0.2) is 0 Å². The number of aromatic nitrogens is 1. The summed E-state index contributed by atoms with van der Waals surface area (Å²) in [6, 6.07) is 1.87. The number of ether oxygens (including phenoxy) is 1. The van der Waals surface area contributed by atoms with Crippen LogP contribution < -0.4 is 4.74 Å². The molecule has 1 aliphatic carbocycles. The predicted octanol–water partition coefficient (Wildman–Crippen LogP) is 2.70. The lowest BCUT2D eigenvalue weighted by molar-refractivity contribution is 0.144. The maximum atomic E-state index is 10.1. The zero-order valence-electron chi connectivity index (χ0n) is 9.72. The molecule has 0 aliphatic heterocycles. The number of rotatable bonds is 4. The van der Waals surface area contributed by atoms with Crippen molar-refractivity contribution >= 4 is 0 Å². The van der Waals surface area contributed by atoms with Gasteiger partial charge in [-0.3, -0.25) is 4.98 Å². The average Bonchev–Trinajstić information content (AvgIpc) is 2.82. The molecule has 1 aromatic rings. The van der Waals surface area contributed by atoms with Gasteiger partial charge in [0, 0.05) is 11.8 Å². The van der Waals surface area contributed by atoms with Crippen LogP contribution in [0.25, 0.3) is 0 Å². The Morgan fingerprint density at radius 1 is 1.44 bits per heavy atom. The molecule has 0 saturated heterocycles. The van der Waals surface area contributed by atoms with Crippen molar-refractivity contribution in [3.05, 3.63) is 24.0 Å². The summed E-state index contributed by atoms with van der Waals surface area (Å²) in [5.74, 6) is 1.39. The van der Waals surface area contributed by atoms with E-state index in [1.807, 2.05) is 6.07 Å². The highest BCUT2D eigenvalue weighted by molar-refractivity contribution is 5.25. The lowest BCUT2D eigenvalue weighted by Gasteiger charge is -2.15. The van der Waals surface area contributed by atoms with Crippen molar-refractivity contribution in [2.45, 2.75) is 38.2 Å². The van der Waals surface area contributed by atoms with E-state index in [9.17, 15) is 5.11 Å². The van der Waals surface area contributed by atoms with Crippen LogP contribution in [0.3, 0.4) is 0 Å². The fourth-order valence-electron chi connectivity index (χ4n) is 2.43. The minimum absolute atomic E-state index is 0.398. The smallest absolute Gasteiger partial charge is 0.137 e. The molecule has 0 spiro atoms. The van der Waals surface area contributed by atoms with E-state index in [1.165, 1.54) is 25.7 Å². The standard InChI is InChI=1S/C13H19NO2/c1-16-12-7-11(8-14-9-12)13(15)6-10-4-2-3-5-10/h7-10,13,15H,2-6H2,1H3. The highest BCUT2D eigenvalue weighted by atomic mass is 16.5. The number of methoxy groups -OCH3 is 1. The van der Waals surface area contributed by atoms with Gasteiger partial charge in [0.2, 0.25) is 0 Å². The van der Waals surface area contributed by atoms with E-state index < -0.39 is 6.10 Å². The zero-order chi connectivity index (χ0) is 11.4. The molecule has 1 fully saturated rings. The van der Waals surface area contributed by atoms with Crippen LogP contribution in [-0.4, -0.2) is 17.2 Å². The molecule has 1 atom stereocenters. The monoisotopic (exact) mass is 221 g/mol. The summed E-state index contributed by atoms with van der Waals surface area (Å²) in [7, 11) is 1.62. The molecule has 3 heteroatoms. The summed E-state index contributed by atoms with van der Waals surface area (Å²) in [4.78, 5) is 4.07. The molecule has 2 rings (SSSR count). The van der Waals surface area contributed by atoms with Crippen LogP contribution in [0.5, 0.6) is 5.75 Å². The SMILES string of the molecule is COc1cncc(C(O)CC2CCCC2)c1.